The zero-order valence-corrected chi connectivity index (χ0v) is 34.9. The van der Waals surface area contributed by atoms with Crippen molar-refractivity contribution in [1.82, 2.24) is 14.5 Å². The minimum absolute atomic E-state index is 0.00705. The summed E-state index contributed by atoms with van der Waals surface area (Å²) >= 11 is 0. The van der Waals surface area contributed by atoms with Gasteiger partial charge in [0.1, 0.15) is 0 Å². The maximum atomic E-state index is 5.56. The first-order chi connectivity index (χ1) is 31.7. The lowest BCUT2D eigenvalue weighted by Crippen LogP contribution is -2.30. The highest BCUT2D eigenvalue weighted by molar-refractivity contribution is 6.11. The van der Waals surface area contributed by atoms with Crippen LogP contribution < -0.4 is 4.90 Å². The van der Waals surface area contributed by atoms with Gasteiger partial charge < -0.3 is 9.47 Å². The Hall–Kier alpha value is -8.34. The van der Waals surface area contributed by atoms with E-state index in [9.17, 15) is 0 Å². The molecule has 1 aliphatic carbocycles. The molecule has 11 aromatic rings. The van der Waals surface area contributed by atoms with Crippen molar-refractivity contribution in [2.75, 3.05) is 4.90 Å². The fourth-order valence-electron chi connectivity index (χ4n) is 10.2. The van der Waals surface area contributed by atoms with Gasteiger partial charge in [0, 0.05) is 39.0 Å². The van der Waals surface area contributed by atoms with Crippen molar-refractivity contribution in [3.63, 3.8) is 0 Å². The second kappa shape index (κ2) is 14.6. The fraction of sp³-hybridized carbons (Fsp3) is 0.0333. The predicted octanol–water partition coefficient (Wildman–Crippen LogP) is 15.3. The number of para-hydroxylation sites is 1. The Morgan fingerprint density at radius 1 is 0.391 bits per heavy atom. The molecule has 2 unspecified atom stereocenters. The van der Waals surface area contributed by atoms with Crippen LogP contribution in [-0.4, -0.2) is 20.6 Å². The molecule has 0 radical (unpaired) electrons. The first-order valence-electron chi connectivity index (χ1n) is 22.1. The van der Waals surface area contributed by atoms with Crippen molar-refractivity contribution in [1.29, 1.82) is 0 Å². The number of fused-ring (bicyclic) bond motifs is 8. The summed E-state index contributed by atoms with van der Waals surface area (Å²) < 4.78 is 2.45. The molecule has 0 spiro atoms. The molecule has 1 aliphatic heterocycles. The van der Waals surface area contributed by atoms with Crippen LogP contribution in [0.5, 0.6) is 0 Å². The van der Waals surface area contributed by atoms with Crippen LogP contribution >= 0.6 is 0 Å². The van der Waals surface area contributed by atoms with E-state index in [1.165, 1.54) is 60.4 Å². The molecule has 9 aromatic carbocycles. The molecule has 0 bridgehead atoms. The lowest BCUT2D eigenvalue weighted by Gasteiger charge is -2.27. The highest BCUT2D eigenvalue weighted by Crippen LogP contribution is 2.50. The van der Waals surface area contributed by atoms with Gasteiger partial charge in [-0.1, -0.05) is 182 Å². The first-order valence-corrected chi connectivity index (χ1v) is 22.1. The molecule has 2 atom stereocenters. The first kappa shape index (κ1) is 36.3. The van der Waals surface area contributed by atoms with Crippen molar-refractivity contribution in [2.24, 2.45) is 0 Å². The molecule has 2 aliphatic rings. The van der Waals surface area contributed by atoms with Gasteiger partial charge in [0.05, 0.1) is 28.3 Å². The van der Waals surface area contributed by atoms with Crippen LogP contribution in [0.3, 0.4) is 0 Å². The van der Waals surface area contributed by atoms with Crippen molar-refractivity contribution in [3.05, 3.63) is 236 Å². The van der Waals surface area contributed by atoms with Gasteiger partial charge in [0.25, 0.3) is 0 Å². The molecule has 64 heavy (non-hydrogen) atoms. The highest BCUT2D eigenvalue weighted by Gasteiger charge is 2.40. The summed E-state index contributed by atoms with van der Waals surface area (Å²) in [4.78, 5) is 13.4. The number of aromatic nitrogens is 3. The summed E-state index contributed by atoms with van der Waals surface area (Å²) in [6.45, 7) is 0. The summed E-state index contributed by atoms with van der Waals surface area (Å²) in [6, 6.07) is 74.5. The van der Waals surface area contributed by atoms with Gasteiger partial charge in [-0.25, -0.2) is 9.97 Å². The third kappa shape index (κ3) is 5.91. The number of allylic oxidation sites excluding steroid dienone is 2. The van der Waals surface area contributed by atoms with E-state index in [1.807, 2.05) is 0 Å². The fourth-order valence-corrected chi connectivity index (χ4v) is 10.2. The van der Waals surface area contributed by atoms with Crippen molar-refractivity contribution in [3.8, 4) is 50.3 Å². The Morgan fingerprint density at radius 3 is 1.86 bits per heavy atom. The molecule has 0 saturated heterocycles. The molecule has 4 nitrogen and oxygen atoms in total. The number of nitrogens with zero attached hydrogens (tertiary/aromatic N) is 4. The molecular weight excluding hydrogens is 777 g/mol. The van der Waals surface area contributed by atoms with Gasteiger partial charge in [-0.3, -0.25) is 0 Å². The van der Waals surface area contributed by atoms with Gasteiger partial charge in [-0.05, 0) is 98.2 Å². The van der Waals surface area contributed by atoms with Crippen LogP contribution in [0, 0.1) is 0 Å². The number of rotatable bonds is 6. The molecular formula is C60H40N4. The monoisotopic (exact) mass is 816 g/mol. The van der Waals surface area contributed by atoms with E-state index >= 15 is 0 Å². The van der Waals surface area contributed by atoms with E-state index in [0.717, 1.165) is 44.7 Å². The van der Waals surface area contributed by atoms with E-state index in [1.54, 1.807) is 0 Å². The molecule has 0 saturated carbocycles. The van der Waals surface area contributed by atoms with E-state index in [-0.39, 0.29) is 12.0 Å². The second-order valence-corrected chi connectivity index (χ2v) is 17.0. The summed E-state index contributed by atoms with van der Waals surface area (Å²) in [5.41, 5.74) is 15.9. The quantitative estimate of drug-likeness (QED) is 0.168. The molecule has 0 fully saturated rings. The molecule has 4 heteroatoms. The standard InChI is InChI=1S/C60H40N4/c1-3-14-39(15-4-1)42-26-28-43(29-27-42)45-20-13-21-48(35-45)63-55-24-11-9-22-49(55)52-38-58-53(37-57(52)63)50-23-10-12-25-56(50)64(58)60-61-54-36-46(40-16-5-2-6-17-40)32-33-51(54)59(62-60)47-31-30-41-18-7-8-19-44(41)34-47/h1-38,50,56H. The largest absolute Gasteiger partial charge is 0.309 e. The van der Waals surface area contributed by atoms with Crippen molar-refractivity contribution < 1.29 is 0 Å². The van der Waals surface area contributed by atoms with Crippen LogP contribution in [0.25, 0.3) is 93.8 Å². The van der Waals surface area contributed by atoms with Crippen LogP contribution in [0.4, 0.5) is 11.6 Å². The number of benzene rings is 9. The molecule has 3 heterocycles. The zero-order chi connectivity index (χ0) is 42.1. The lowest BCUT2D eigenvalue weighted by molar-refractivity contribution is 0.731. The summed E-state index contributed by atoms with van der Waals surface area (Å²) in [5.74, 6) is 0.813. The third-order valence-electron chi connectivity index (χ3n) is 13.3. The van der Waals surface area contributed by atoms with E-state index < -0.39 is 0 Å². The van der Waals surface area contributed by atoms with Crippen molar-refractivity contribution >= 4 is 55.1 Å². The third-order valence-corrected chi connectivity index (χ3v) is 13.3. The maximum absolute atomic E-state index is 5.56. The predicted molar refractivity (Wildman–Crippen MR) is 267 cm³/mol. The van der Waals surface area contributed by atoms with Gasteiger partial charge in [0.15, 0.2) is 0 Å². The van der Waals surface area contributed by atoms with E-state index in [4.69, 9.17) is 9.97 Å². The number of hydrogen-bond donors (Lipinski definition) is 0. The summed E-state index contributed by atoms with van der Waals surface area (Å²) in [5, 5.41) is 5.83. The molecule has 13 rings (SSSR count). The SMILES string of the molecule is C1=CC2c3cc4c(cc3N(c3nc(-c5ccc6ccccc6c5)c5ccc(-c6ccccc6)cc5n3)C2C=C1)c1ccccc1n4-c1cccc(-c2ccc(-c3ccccc3)cc2)c1. The van der Waals surface area contributed by atoms with Gasteiger partial charge in [-0.15, -0.1) is 0 Å². The van der Waals surface area contributed by atoms with Crippen LogP contribution in [0.2, 0.25) is 0 Å². The molecule has 0 N–H and O–H groups in total. The Balaban J connectivity index is 0.988. The van der Waals surface area contributed by atoms with E-state index in [2.05, 4.69) is 240 Å². The summed E-state index contributed by atoms with van der Waals surface area (Å²) in [6.07, 6.45) is 9.03. The molecule has 300 valence electrons. The smallest absolute Gasteiger partial charge is 0.231 e. The Labute approximate surface area is 371 Å². The molecule has 2 aromatic heterocycles. The van der Waals surface area contributed by atoms with Gasteiger partial charge >= 0.3 is 0 Å². The second-order valence-electron chi connectivity index (χ2n) is 17.0. The maximum Gasteiger partial charge on any atom is 0.231 e. The minimum atomic E-state index is 0.00705. The number of anilines is 2. The van der Waals surface area contributed by atoms with E-state index in [0.29, 0.717) is 5.95 Å². The normalized spacial score (nSPS) is 15.3. The minimum Gasteiger partial charge on any atom is -0.309 e. The summed E-state index contributed by atoms with van der Waals surface area (Å²) in [7, 11) is 0. The lowest BCUT2D eigenvalue weighted by atomic mass is 9.91. The average molecular weight is 817 g/mol. The average Bonchev–Trinajstić information content (AvgIpc) is 3.87. The Bertz CT molecular complexity index is 3680. The zero-order valence-electron chi connectivity index (χ0n) is 34.9. The number of hydrogen-bond acceptors (Lipinski definition) is 3. The van der Waals surface area contributed by atoms with Gasteiger partial charge in [-0.2, -0.15) is 0 Å². The van der Waals surface area contributed by atoms with Crippen LogP contribution in [0.1, 0.15) is 11.5 Å². The highest BCUT2D eigenvalue weighted by atomic mass is 15.3. The molecule has 0 amide bonds. The Morgan fingerprint density at radius 2 is 1.03 bits per heavy atom. The van der Waals surface area contributed by atoms with Crippen LogP contribution in [0.15, 0.2) is 231 Å². The van der Waals surface area contributed by atoms with Crippen LogP contribution in [-0.2, 0) is 0 Å². The topological polar surface area (TPSA) is 34.0 Å². The Kier molecular flexibility index (Phi) is 8.31. The van der Waals surface area contributed by atoms with Gasteiger partial charge in [0.2, 0.25) is 5.95 Å². The van der Waals surface area contributed by atoms with Crippen molar-refractivity contribution in [2.45, 2.75) is 12.0 Å².